The van der Waals surface area contributed by atoms with E-state index in [1.165, 1.54) is 0 Å². The predicted octanol–water partition coefficient (Wildman–Crippen LogP) is 1.03. The summed E-state index contributed by atoms with van der Waals surface area (Å²) in [7, 11) is 0. The van der Waals surface area contributed by atoms with E-state index in [0.717, 1.165) is 0 Å². The van der Waals surface area contributed by atoms with Crippen molar-refractivity contribution in [2.75, 3.05) is 0 Å². The Bertz CT molecular complexity index is 143. The monoisotopic (exact) mass is 178 g/mol. The van der Waals surface area contributed by atoms with Crippen LogP contribution in [0.4, 0.5) is 26.7 Å². The van der Waals surface area contributed by atoms with E-state index in [0.29, 0.717) is 10.6 Å². The molecule has 0 bridgehead atoms. The average Bonchev–Trinajstić information content (AvgIpc) is 1.53. The summed E-state index contributed by atoms with van der Waals surface area (Å²) in [5.74, 6) is 0. The van der Waals surface area contributed by atoms with Gasteiger partial charge >= 0.3 is 18.9 Å². The van der Waals surface area contributed by atoms with Crippen LogP contribution in [0, 0.1) is 0 Å². The maximum absolute atomic E-state index is 11.1. The van der Waals surface area contributed by atoms with Crippen molar-refractivity contribution in [3.8, 4) is 0 Å². The molecule has 0 aliphatic heterocycles. The van der Waals surface area contributed by atoms with Crippen LogP contribution in [0.15, 0.2) is 0 Å². The van der Waals surface area contributed by atoms with Crippen LogP contribution in [0.3, 0.4) is 0 Å². The Morgan fingerprint density at radius 2 is 1.73 bits per heavy atom. The molecule has 0 unspecified atom stereocenters. The SMILES string of the molecule is O=C(NC(F)F)NC(F)(F)F. The highest BCUT2D eigenvalue weighted by Crippen LogP contribution is 2.08. The van der Waals surface area contributed by atoms with E-state index in [2.05, 4.69) is 0 Å². The molecule has 0 aromatic rings. The van der Waals surface area contributed by atoms with Gasteiger partial charge in [-0.15, -0.1) is 0 Å². The minimum Gasteiger partial charge on any atom is -0.282 e. The third-order valence-electron chi connectivity index (χ3n) is 0.495. The Kier molecular flexibility index (Phi) is 3.02. The van der Waals surface area contributed by atoms with Gasteiger partial charge in [0.1, 0.15) is 0 Å². The van der Waals surface area contributed by atoms with Crippen LogP contribution in [-0.2, 0) is 0 Å². The Hall–Kier alpha value is -1.08. The number of rotatable bonds is 1. The van der Waals surface area contributed by atoms with E-state index < -0.39 is 18.9 Å². The van der Waals surface area contributed by atoms with Crippen molar-refractivity contribution in [2.24, 2.45) is 0 Å². The summed E-state index contributed by atoms with van der Waals surface area (Å²) < 4.78 is 55.7. The summed E-state index contributed by atoms with van der Waals surface area (Å²) in [6, 6.07) is -1.98. The van der Waals surface area contributed by atoms with Crippen LogP contribution in [0.25, 0.3) is 0 Å². The van der Waals surface area contributed by atoms with Crippen molar-refractivity contribution in [3.05, 3.63) is 0 Å². The second-order valence-corrected chi connectivity index (χ2v) is 1.40. The zero-order valence-corrected chi connectivity index (χ0v) is 4.88. The van der Waals surface area contributed by atoms with Crippen LogP contribution in [0.1, 0.15) is 0 Å². The van der Waals surface area contributed by atoms with Crippen molar-refractivity contribution in [3.63, 3.8) is 0 Å². The van der Waals surface area contributed by atoms with Crippen LogP contribution in [0.2, 0.25) is 0 Å². The van der Waals surface area contributed by atoms with Crippen LogP contribution < -0.4 is 10.6 Å². The summed E-state index contributed by atoms with van der Waals surface area (Å²) in [6.07, 6.45) is -4.99. The summed E-state index contributed by atoms with van der Waals surface area (Å²) in [6.45, 7) is -3.31. The molecule has 0 radical (unpaired) electrons. The summed E-state index contributed by atoms with van der Waals surface area (Å²) in [4.78, 5) is 9.85. The fraction of sp³-hybridized carbons (Fsp3) is 0.667. The molecular formula is C3H3F5N2O. The van der Waals surface area contributed by atoms with E-state index in [4.69, 9.17) is 0 Å². The van der Waals surface area contributed by atoms with Crippen molar-refractivity contribution in [1.82, 2.24) is 10.6 Å². The van der Waals surface area contributed by atoms with Crippen LogP contribution >= 0.6 is 0 Å². The van der Waals surface area contributed by atoms with Gasteiger partial charge in [-0.3, -0.25) is 5.32 Å². The van der Waals surface area contributed by atoms with Gasteiger partial charge in [0.05, 0.1) is 0 Å². The highest BCUT2D eigenvalue weighted by molar-refractivity contribution is 5.74. The van der Waals surface area contributed by atoms with Crippen LogP contribution in [-0.4, -0.2) is 18.9 Å². The first kappa shape index (κ1) is 9.92. The lowest BCUT2D eigenvalue weighted by Crippen LogP contribution is -2.45. The molecule has 0 aromatic heterocycles. The van der Waals surface area contributed by atoms with Gasteiger partial charge in [-0.1, -0.05) is 0 Å². The van der Waals surface area contributed by atoms with Gasteiger partial charge in [-0.05, 0) is 0 Å². The lowest BCUT2D eigenvalue weighted by molar-refractivity contribution is -0.146. The quantitative estimate of drug-likeness (QED) is 0.457. The van der Waals surface area contributed by atoms with Gasteiger partial charge in [0, 0.05) is 0 Å². The standard InChI is InChI=1S/C3H3F5N2O/c4-1(5)9-2(11)10-3(6,7)8/h1H,(H2,9,10,11). The smallest absolute Gasteiger partial charge is 0.282 e. The number of carbonyl (C=O) groups excluding carboxylic acids is 1. The third-order valence-corrected chi connectivity index (χ3v) is 0.495. The molecule has 11 heavy (non-hydrogen) atoms. The zero-order chi connectivity index (χ0) is 9.07. The zero-order valence-electron chi connectivity index (χ0n) is 4.88. The topological polar surface area (TPSA) is 41.1 Å². The van der Waals surface area contributed by atoms with E-state index >= 15 is 0 Å². The van der Waals surface area contributed by atoms with Crippen molar-refractivity contribution < 1.29 is 26.7 Å². The number of hydrogen-bond acceptors (Lipinski definition) is 1. The first-order chi connectivity index (χ1) is 4.81. The van der Waals surface area contributed by atoms with Gasteiger partial charge in [0.25, 0.3) is 0 Å². The van der Waals surface area contributed by atoms with E-state index in [1.54, 1.807) is 0 Å². The van der Waals surface area contributed by atoms with E-state index in [-0.39, 0.29) is 0 Å². The number of halogens is 5. The van der Waals surface area contributed by atoms with E-state index in [1.807, 2.05) is 0 Å². The maximum atomic E-state index is 11.1. The Morgan fingerprint density at radius 1 is 1.27 bits per heavy atom. The molecule has 0 rings (SSSR count). The van der Waals surface area contributed by atoms with Gasteiger partial charge < -0.3 is 0 Å². The molecule has 2 amide bonds. The molecule has 0 spiro atoms. The molecule has 0 saturated carbocycles. The first-order valence-electron chi connectivity index (χ1n) is 2.25. The highest BCUT2D eigenvalue weighted by atomic mass is 19.4. The minimum atomic E-state index is -4.99. The van der Waals surface area contributed by atoms with E-state index in [9.17, 15) is 26.7 Å². The first-order valence-corrected chi connectivity index (χ1v) is 2.25. The number of urea groups is 1. The molecular weight excluding hydrogens is 175 g/mol. The average molecular weight is 178 g/mol. The second-order valence-electron chi connectivity index (χ2n) is 1.40. The molecule has 0 atom stereocenters. The largest absolute Gasteiger partial charge is 0.485 e. The summed E-state index contributed by atoms with van der Waals surface area (Å²) in [5.41, 5.74) is 0. The summed E-state index contributed by atoms with van der Waals surface area (Å²) in [5, 5.41) is 1.02. The molecule has 66 valence electrons. The minimum absolute atomic E-state index is 0.320. The third kappa shape index (κ3) is 6.81. The molecule has 0 aromatic carbocycles. The number of carbonyl (C=O) groups is 1. The highest BCUT2D eigenvalue weighted by Gasteiger charge is 2.30. The molecule has 0 aliphatic carbocycles. The molecule has 0 heterocycles. The molecule has 0 aliphatic rings. The van der Waals surface area contributed by atoms with Crippen molar-refractivity contribution >= 4 is 6.03 Å². The Morgan fingerprint density at radius 3 is 2.00 bits per heavy atom. The summed E-state index contributed by atoms with van der Waals surface area (Å²) >= 11 is 0. The lowest BCUT2D eigenvalue weighted by Gasteiger charge is -2.08. The maximum Gasteiger partial charge on any atom is 0.485 e. The van der Waals surface area contributed by atoms with Crippen molar-refractivity contribution in [2.45, 2.75) is 12.8 Å². The van der Waals surface area contributed by atoms with Gasteiger partial charge in [0.15, 0.2) is 0 Å². The fourth-order valence-electron chi connectivity index (χ4n) is 0.264. The Labute approximate surface area is 57.6 Å². The predicted molar refractivity (Wildman–Crippen MR) is 23.7 cm³/mol. The van der Waals surface area contributed by atoms with Gasteiger partial charge in [0.2, 0.25) is 0 Å². The molecule has 8 heteroatoms. The number of nitrogens with one attached hydrogen (secondary N) is 2. The van der Waals surface area contributed by atoms with Crippen LogP contribution in [0.5, 0.6) is 0 Å². The van der Waals surface area contributed by atoms with Crippen molar-refractivity contribution in [1.29, 1.82) is 0 Å². The second kappa shape index (κ2) is 3.35. The normalized spacial score (nSPS) is 11.5. The molecule has 3 nitrogen and oxygen atoms in total. The molecule has 0 fully saturated rings. The lowest BCUT2D eigenvalue weighted by atomic mass is 10.9. The molecule has 0 saturated heterocycles. The number of alkyl halides is 5. The Balaban J connectivity index is 3.71. The van der Waals surface area contributed by atoms with Gasteiger partial charge in [-0.2, -0.15) is 22.0 Å². The number of amides is 2. The van der Waals surface area contributed by atoms with Gasteiger partial charge in [-0.25, -0.2) is 10.1 Å². The fourth-order valence-corrected chi connectivity index (χ4v) is 0.264. The molecule has 2 N–H and O–H groups in total. The number of hydrogen-bond donors (Lipinski definition) is 2.